The standard InChI is InChI=1S/C15H18N2O2/c1-8-5-11-12(6-8)15(19)17(14(11)18)13-4-3-10(16)7-9(13)2/h3-4,7-8,11-12H,5-6,16H2,1-2H3. The Kier molecular flexibility index (Phi) is 2.62. The average molecular weight is 258 g/mol. The zero-order chi connectivity index (χ0) is 13.7. The van der Waals surface area contributed by atoms with E-state index in [0.29, 0.717) is 17.3 Å². The quantitative estimate of drug-likeness (QED) is 0.620. The first-order valence-corrected chi connectivity index (χ1v) is 6.73. The number of nitrogens with two attached hydrogens (primary N) is 1. The molecule has 4 heteroatoms. The number of benzene rings is 1. The Hall–Kier alpha value is -1.84. The summed E-state index contributed by atoms with van der Waals surface area (Å²) < 4.78 is 0. The maximum atomic E-state index is 12.5. The van der Waals surface area contributed by atoms with Gasteiger partial charge in [0.05, 0.1) is 17.5 Å². The summed E-state index contributed by atoms with van der Waals surface area (Å²) in [7, 11) is 0. The number of imide groups is 1. The van der Waals surface area contributed by atoms with Crippen molar-refractivity contribution in [2.75, 3.05) is 10.6 Å². The molecule has 0 bridgehead atoms. The van der Waals surface area contributed by atoms with Crippen LogP contribution in [-0.2, 0) is 9.59 Å². The van der Waals surface area contributed by atoms with Crippen molar-refractivity contribution in [2.24, 2.45) is 17.8 Å². The normalized spacial score (nSPS) is 30.0. The molecule has 2 fully saturated rings. The number of amides is 2. The van der Waals surface area contributed by atoms with E-state index in [1.165, 1.54) is 4.90 Å². The van der Waals surface area contributed by atoms with Crippen LogP contribution in [0, 0.1) is 24.7 Å². The van der Waals surface area contributed by atoms with Crippen molar-refractivity contribution < 1.29 is 9.59 Å². The third kappa shape index (κ3) is 1.74. The zero-order valence-electron chi connectivity index (χ0n) is 11.2. The second kappa shape index (κ2) is 4.08. The van der Waals surface area contributed by atoms with Gasteiger partial charge in [-0.15, -0.1) is 0 Å². The molecule has 1 aliphatic carbocycles. The van der Waals surface area contributed by atoms with Crippen molar-refractivity contribution in [3.63, 3.8) is 0 Å². The molecule has 2 amide bonds. The highest BCUT2D eigenvalue weighted by Gasteiger charge is 2.52. The van der Waals surface area contributed by atoms with Crippen molar-refractivity contribution in [2.45, 2.75) is 26.7 Å². The molecule has 19 heavy (non-hydrogen) atoms. The number of nitrogen functional groups attached to an aromatic ring is 1. The number of hydrogen-bond donors (Lipinski definition) is 1. The fraction of sp³-hybridized carbons (Fsp3) is 0.467. The molecule has 100 valence electrons. The van der Waals surface area contributed by atoms with Gasteiger partial charge < -0.3 is 5.73 Å². The largest absolute Gasteiger partial charge is 0.399 e. The van der Waals surface area contributed by atoms with Gasteiger partial charge >= 0.3 is 0 Å². The number of nitrogens with zero attached hydrogens (tertiary/aromatic N) is 1. The third-order valence-electron chi connectivity index (χ3n) is 4.34. The van der Waals surface area contributed by atoms with E-state index in [0.717, 1.165) is 18.4 Å². The van der Waals surface area contributed by atoms with Crippen LogP contribution in [0.3, 0.4) is 0 Å². The molecule has 0 aromatic heterocycles. The van der Waals surface area contributed by atoms with E-state index in [4.69, 9.17) is 5.73 Å². The lowest BCUT2D eigenvalue weighted by Crippen LogP contribution is -2.32. The van der Waals surface area contributed by atoms with Gasteiger partial charge in [-0.1, -0.05) is 6.92 Å². The lowest BCUT2D eigenvalue weighted by molar-refractivity contribution is -0.123. The molecule has 4 nitrogen and oxygen atoms in total. The van der Waals surface area contributed by atoms with Crippen LogP contribution in [0.2, 0.25) is 0 Å². The minimum atomic E-state index is -0.112. The Balaban J connectivity index is 1.99. The molecule has 1 saturated heterocycles. The fourth-order valence-corrected chi connectivity index (χ4v) is 3.44. The molecular weight excluding hydrogens is 240 g/mol. The van der Waals surface area contributed by atoms with Gasteiger partial charge in [0.1, 0.15) is 0 Å². The van der Waals surface area contributed by atoms with Gasteiger partial charge in [0, 0.05) is 5.69 Å². The van der Waals surface area contributed by atoms with Gasteiger partial charge in [0.15, 0.2) is 0 Å². The summed E-state index contributed by atoms with van der Waals surface area (Å²) in [5.41, 5.74) is 7.92. The van der Waals surface area contributed by atoms with Crippen LogP contribution in [0.25, 0.3) is 0 Å². The number of carbonyl (C=O) groups is 2. The van der Waals surface area contributed by atoms with Crippen molar-refractivity contribution in [1.29, 1.82) is 0 Å². The Bertz CT molecular complexity index is 543. The summed E-state index contributed by atoms with van der Waals surface area (Å²) in [6.07, 6.45) is 1.67. The second-order valence-electron chi connectivity index (χ2n) is 5.85. The summed E-state index contributed by atoms with van der Waals surface area (Å²) in [4.78, 5) is 26.3. The lowest BCUT2D eigenvalue weighted by Gasteiger charge is -2.19. The number of fused-ring (bicyclic) bond motifs is 1. The molecule has 1 saturated carbocycles. The van der Waals surface area contributed by atoms with E-state index in [9.17, 15) is 9.59 Å². The zero-order valence-corrected chi connectivity index (χ0v) is 11.2. The Labute approximate surface area is 112 Å². The van der Waals surface area contributed by atoms with Gasteiger partial charge in [-0.3, -0.25) is 9.59 Å². The molecule has 1 aromatic carbocycles. The summed E-state index contributed by atoms with van der Waals surface area (Å²) in [6.45, 7) is 3.99. The monoisotopic (exact) mass is 258 g/mol. The predicted molar refractivity (Wildman–Crippen MR) is 73.5 cm³/mol. The Morgan fingerprint density at radius 3 is 2.26 bits per heavy atom. The minimum absolute atomic E-state index is 0.0350. The van der Waals surface area contributed by atoms with E-state index in [1.54, 1.807) is 18.2 Å². The number of carbonyl (C=O) groups excluding carboxylic acids is 2. The molecule has 1 aliphatic heterocycles. The third-order valence-corrected chi connectivity index (χ3v) is 4.34. The highest BCUT2D eigenvalue weighted by molar-refractivity contribution is 6.22. The van der Waals surface area contributed by atoms with Crippen molar-refractivity contribution in [3.05, 3.63) is 23.8 Å². The van der Waals surface area contributed by atoms with Crippen molar-refractivity contribution >= 4 is 23.2 Å². The van der Waals surface area contributed by atoms with E-state index in [1.807, 2.05) is 6.92 Å². The van der Waals surface area contributed by atoms with Crippen LogP contribution >= 0.6 is 0 Å². The van der Waals surface area contributed by atoms with E-state index in [-0.39, 0.29) is 23.7 Å². The number of anilines is 2. The molecule has 2 aliphatic rings. The summed E-state index contributed by atoms with van der Waals surface area (Å²) in [6, 6.07) is 5.30. The van der Waals surface area contributed by atoms with Crippen LogP contribution in [0.5, 0.6) is 0 Å². The first kappa shape index (κ1) is 12.2. The Morgan fingerprint density at radius 1 is 1.16 bits per heavy atom. The fourth-order valence-electron chi connectivity index (χ4n) is 3.44. The molecule has 0 radical (unpaired) electrons. The smallest absolute Gasteiger partial charge is 0.237 e. The molecule has 2 atom stereocenters. The van der Waals surface area contributed by atoms with Crippen LogP contribution in [0.1, 0.15) is 25.3 Å². The molecule has 3 rings (SSSR count). The average Bonchev–Trinajstić information content (AvgIpc) is 2.82. The summed E-state index contributed by atoms with van der Waals surface area (Å²) in [5, 5.41) is 0. The van der Waals surface area contributed by atoms with Gasteiger partial charge in [-0.2, -0.15) is 0 Å². The first-order chi connectivity index (χ1) is 8.99. The van der Waals surface area contributed by atoms with Crippen LogP contribution in [-0.4, -0.2) is 11.8 Å². The molecule has 2 unspecified atom stereocenters. The van der Waals surface area contributed by atoms with Crippen LogP contribution in [0.4, 0.5) is 11.4 Å². The Morgan fingerprint density at radius 2 is 1.74 bits per heavy atom. The first-order valence-electron chi connectivity index (χ1n) is 6.73. The van der Waals surface area contributed by atoms with Crippen molar-refractivity contribution in [3.8, 4) is 0 Å². The molecular formula is C15H18N2O2. The van der Waals surface area contributed by atoms with Crippen molar-refractivity contribution in [1.82, 2.24) is 0 Å². The van der Waals surface area contributed by atoms with Crippen LogP contribution in [0.15, 0.2) is 18.2 Å². The molecule has 1 heterocycles. The van der Waals surface area contributed by atoms with Crippen LogP contribution < -0.4 is 10.6 Å². The topological polar surface area (TPSA) is 63.4 Å². The predicted octanol–water partition coefficient (Wildman–Crippen LogP) is 2.11. The van der Waals surface area contributed by atoms with E-state index in [2.05, 4.69) is 6.92 Å². The highest BCUT2D eigenvalue weighted by atomic mass is 16.2. The lowest BCUT2D eigenvalue weighted by atomic mass is 10.00. The van der Waals surface area contributed by atoms with E-state index < -0.39 is 0 Å². The maximum Gasteiger partial charge on any atom is 0.237 e. The second-order valence-corrected chi connectivity index (χ2v) is 5.85. The minimum Gasteiger partial charge on any atom is -0.399 e. The maximum absolute atomic E-state index is 12.5. The van der Waals surface area contributed by atoms with Gasteiger partial charge in [0.25, 0.3) is 0 Å². The number of hydrogen-bond acceptors (Lipinski definition) is 3. The molecule has 0 spiro atoms. The molecule has 1 aromatic rings. The van der Waals surface area contributed by atoms with Gasteiger partial charge in [-0.05, 0) is 49.4 Å². The van der Waals surface area contributed by atoms with Gasteiger partial charge in [0.2, 0.25) is 11.8 Å². The highest BCUT2D eigenvalue weighted by Crippen LogP contribution is 2.44. The summed E-state index contributed by atoms with van der Waals surface area (Å²) >= 11 is 0. The molecule has 2 N–H and O–H groups in total. The SMILES string of the molecule is Cc1cc(N)ccc1N1C(=O)C2CC(C)CC2C1=O. The summed E-state index contributed by atoms with van der Waals surface area (Å²) in [5.74, 6) is 0.177. The van der Waals surface area contributed by atoms with E-state index >= 15 is 0 Å². The number of rotatable bonds is 1. The number of aryl methyl sites for hydroxylation is 1. The van der Waals surface area contributed by atoms with Gasteiger partial charge in [-0.25, -0.2) is 4.90 Å².